The van der Waals surface area contributed by atoms with Crippen LogP contribution in [0.3, 0.4) is 0 Å². The number of carboxylic acid groups (broad SMARTS) is 1. The van der Waals surface area contributed by atoms with Crippen LogP contribution < -0.4 is 5.32 Å². The number of aryl methyl sites for hydroxylation is 1. The van der Waals surface area contributed by atoms with E-state index in [9.17, 15) is 9.59 Å². The number of anilines is 1. The number of nitrogens with zero attached hydrogens (tertiary/aromatic N) is 1. The Balaban J connectivity index is 1.92. The molecular weight excluding hydrogens is 256 g/mol. The van der Waals surface area contributed by atoms with Gasteiger partial charge in [-0.25, -0.2) is 4.79 Å². The van der Waals surface area contributed by atoms with Gasteiger partial charge in [0.25, 0.3) is 0 Å². The average Bonchev–Trinajstić information content (AvgIpc) is 2.45. The molecule has 1 heterocycles. The molecule has 1 saturated heterocycles. The first-order chi connectivity index (χ1) is 9.58. The molecule has 0 saturated carbocycles. The molecule has 20 heavy (non-hydrogen) atoms. The monoisotopic (exact) mass is 276 g/mol. The predicted octanol–water partition coefficient (Wildman–Crippen LogP) is 2.12. The Morgan fingerprint density at radius 1 is 1.25 bits per heavy atom. The van der Waals surface area contributed by atoms with Crippen LogP contribution in [0.2, 0.25) is 0 Å². The Morgan fingerprint density at radius 2 is 1.95 bits per heavy atom. The standard InChI is InChI=1S/C15H20N2O3/c1-11-9-12(5-6-13(11)15(19)20)16-10-14(18)17-7-3-2-4-8-17/h5-6,9,16H,2-4,7-8,10H2,1H3,(H,19,20). The van der Waals surface area contributed by atoms with Gasteiger partial charge in [0.15, 0.2) is 0 Å². The van der Waals surface area contributed by atoms with Gasteiger partial charge in [-0.05, 0) is 49.9 Å². The second-order valence-corrected chi connectivity index (χ2v) is 5.13. The van der Waals surface area contributed by atoms with Crippen molar-refractivity contribution in [2.75, 3.05) is 25.0 Å². The third kappa shape index (κ3) is 3.50. The first-order valence-corrected chi connectivity index (χ1v) is 6.93. The topological polar surface area (TPSA) is 69.6 Å². The zero-order chi connectivity index (χ0) is 14.5. The molecule has 2 rings (SSSR count). The van der Waals surface area contributed by atoms with Gasteiger partial charge in [0.1, 0.15) is 0 Å². The number of nitrogens with one attached hydrogen (secondary N) is 1. The Morgan fingerprint density at radius 3 is 2.55 bits per heavy atom. The third-order valence-electron chi connectivity index (χ3n) is 3.61. The minimum atomic E-state index is -0.932. The SMILES string of the molecule is Cc1cc(NCC(=O)N2CCCCC2)ccc1C(=O)O. The second kappa shape index (κ2) is 6.41. The molecule has 0 spiro atoms. The van der Waals surface area contributed by atoms with Crippen LogP contribution in [0.4, 0.5) is 5.69 Å². The van der Waals surface area contributed by atoms with Gasteiger partial charge in [-0.3, -0.25) is 4.79 Å². The Bertz CT molecular complexity index is 508. The average molecular weight is 276 g/mol. The molecule has 0 aromatic heterocycles. The number of aromatic carboxylic acids is 1. The van der Waals surface area contributed by atoms with Crippen molar-refractivity contribution in [1.82, 2.24) is 4.90 Å². The number of piperidine rings is 1. The zero-order valence-electron chi connectivity index (χ0n) is 11.7. The van der Waals surface area contributed by atoms with E-state index in [0.29, 0.717) is 5.56 Å². The Hall–Kier alpha value is -2.04. The van der Waals surface area contributed by atoms with E-state index in [1.807, 2.05) is 4.90 Å². The van der Waals surface area contributed by atoms with E-state index in [2.05, 4.69) is 5.32 Å². The van der Waals surface area contributed by atoms with Crippen LogP contribution in [0.25, 0.3) is 0 Å². The lowest BCUT2D eigenvalue weighted by atomic mass is 10.1. The molecule has 108 valence electrons. The molecule has 2 N–H and O–H groups in total. The maximum Gasteiger partial charge on any atom is 0.335 e. The largest absolute Gasteiger partial charge is 0.478 e. The van der Waals surface area contributed by atoms with E-state index in [1.165, 1.54) is 6.42 Å². The maximum atomic E-state index is 12.0. The van der Waals surface area contributed by atoms with E-state index in [4.69, 9.17) is 5.11 Å². The van der Waals surface area contributed by atoms with Gasteiger partial charge < -0.3 is 15.3 Å². The van der Waals surface area contributed by atoms with Crippen LogP contribution in [0, 0.1) is 6.92 Å². The summed E-state index contributed by atoms with van der Waals surface area (Å²) in [5.41, 5.74) is 1.75. The molecule has 0 bridgehead atoms. The van der Waals surface area contributed by atoms with Crippen molar-refractivity contribution in [3.63, 3.8) is 0 Å². The molecule has 1 amide bonds. The summed E-state index contributed by atoms with van der Waals surface area (Å²) in [6.45, 7) is 3.70. The highest BCUT2D eigenvalue weighted by Gasteiger charge is 2.16. The summed E-state index contributed by atoms with van der Waals surface area (Å²) in [4.78, 5) is 24.8. The molecule has 1 aromatic rings. The van der Waals surface area contributed by atoms with Gasteiger partial charge in [0, 0.05) is 18.8 Å². The number of hydrogen-bond donors (Lipinski definition) is 2. The van der Waals surface area contributed by atoms with E-state index in [1.54, 1.807) is 25.1 Å². The summed E-state index contributed by atoms with van der Waals surface area (Å²) < 4.78 is 0. The number of hydrogen-bond acceptors (Lipinski definition) is 3. The normalized spacial score (nSPS) is 14.9. The highest BCUT2D eigenvalue weighted by atomic mass is 16.4. The molecule has 0 atom stereocenters. The summed E-state index contributed by atoms with van der Waals surface area (Å²) in [5.74, 6) is -0.830. The molecule has 1 aliphatic rings. The van der Waals surface area contributed by atoms with Gasteiger partial charge in [0.2, 0.25) is 5.91 Å². The quantitative estimate of drug-likeness (QED) is 0.883. The molecule has 1 aliphatic heterocycles. The van der Waals surface area contributed by atoms with Crippen LogP contribution >= 0.6 is 0 Å². The lowest BCUT2D eigenvalue weighted by Crippen LogP contribution is -2.39. The third-order valence-corrected chi connectivity index (χ3v) is 3.61. The number of likely N-dealkylation sites (tertiary alicyclic amines) is 1. The Kier molecular flexibility index (Phi) is 4.61. The summed E-state index contributed by atoms with van der Waals surface area (Å²) in [7, 11) is 0. The summed E-state index contributed by atoms with van der Waals surface area (Å²) >= 11 is 0. The number of rotatable bonds is 4. The second-order valence-electron chi connectivity index (χ2n) is 5.13. The predicted molar refractivity (Wildman–Crippen MR) is 77.1 cm³/mol. The van der Waals surface area contributed by atoms with Crippen LogP contribution in [0.1, 0.15) is 35.2 Å². The fourth-order valence-corrected chi connectivity index (χ4v) is 2.45. The molecule has 0 radical (unpaired) electrons. The molecule has 1 fully saturated rings. The number of benzene rings is 1. The zero-order valence-corrected chi connectivity index (χ0v) is 11.7. The van der Waals surface area contributed by atoms with Gasteiger partial charge in [-0.15, -0.1) is 0 Å². The van der Waals surface area contributed by atoms with Crippen LogP contribution in [-0.4, -0.2) is 41.5 Å². The molecule has 0 aliphatic carbocycles. The highest BCUT2D eigenvalue weighted by Crippen LogP contribution is 2.15. The highest BCUT2D eigenvalue weighted by molar-refractivity contribution is 5.90. The molecule has 5 heteroatoms. The minimum absolute atomic E-state index is 0.102. The number of carbonyl (C=O) groups excluding carboxylic acids is 1. The summed E-state index contributed by atoms with van der Waals surface area (Å²) in [6.07, 6.45) is 3.36. The summed E-state index contributed by atoms with van der Waals surface area (Å²) in [6, 6.07) is 5.01. The molecule has 5 nitrogen and oxygen atoms in total. The van der Waals surface area contributed by atoms with Gasteiger partial charge in [-0.1, -0.05) is 0 Å². The number of carboxylic acids is 1. The lowest BCUT2D eigenvalue weighted by molar-refractivity contribution is -0.130. The van der Waals surface area contributed by atoms with Gasteiger partial charge >= 0.3 is 5.97 Å². The lowest BCUT2D eigenvalue weighted by Gasteiger charge is -2.26. The van der Waals surface area contributed by atoms with Crippen molar-refractivity contribution in [2.45, 2.75) is 26.2 Å². The first kappa shape index (κ1) is 14.4. The Labute approximate surface area is 118 Å². The van der Waals surface area contributed by atoms with Crippen molar-refractivity contribution in [3.8, 4) is 0 Å². The van der Waals surface area contributed by atoms with E-state index >= 15 is 0 Å². The van der Waals surface area contributed by atoms with E-state index in [0.717, 1.165) is 31.6 Å². The fraction of sp³-hybridized carbons (Fsp3) is 0.467. The van der Waals surface area contributed by atoms with Gasteiger partial charge in [-0.2, -0.15) is 0 Å². The van der Waals surface area contributed by atoms with Crippen LogP contribution in [0.5, 0.6) is 0 Å². The van der Waals surface area contributed by atoms with Crippen LogP contribution in [-0.2, 0) is 4.79 Å². The number of amides is 1. The van der Waals surface area contributed by atoms with Crippen molar-refractivity contribution >= 4 is 17.6 Å². The molecular formula is C15H20N2O3. The summed E-state index contributed by atoms with van der Waals surface area (Å²) in [5, 5.41) is 12.0. The van der Waals surface area contributed by atoms with E-state index < -0.39 is 5.97 Å². The smallest absolute Gasteiger partial charge is 0.335 e. The molecule has 0 unspecified atom stereocenters. The number of carbonyl (C=O) groups is 2. The van der Waals surface area contributed by atoms with Gasteiger partial charge in [0.05, 0.1) is 12.1 Å². The first-order valence-electron chi connectivity index (χ1n) is 6.93. The van der Waals surface area contributed by atoms with Crippen molar-refractivity contribution in [1.29, 1.82) is 0 Å². The van der Waals surface area contributed by atoms with Crippen LogP contribution in [0.15, 0.2) is 18.2 Å². The minimum Gasteiger partial charge on any atom is -0.478 e. The van der Waals surface area contributed by atoms with Crippen molar-refractivity contribution < 1.29 is 14.7 Å². The molecule has 1 aromatic carbocycles. The van der Waals surface area contributed by atoms with Crippen molar-refractivity contribution in [2.24, 2.45) is 0 Å². The maximum absolute atomic E-state index is 12.0. The van der Waals surface area contributed by atoms with E-state index in [-0.39, 0.29) is 18.0 Å². The fourth-order valence-electron chi connectivity index (χ4n) is 2.45. The van der Waals surface area contributed by atoms with Crippen molar-refractivity contribution in [3.05, 3.63) is 29.3 Å².